The molecule has 0 fully saturated rings. The molecule has 0 amide bonds. The Morgan fingerprint density at radius 3 is 2.41 bits per heavy atom. The zero-order valence-corrected chi connectivity index (χ0v) is 11.9. The fourth-order valence-corrected chi connectivity index (χ4v) is 3.78. The summed E-state index contributed by atoms with van der Waals surface area (Å²) in [6.07, 6.45) is 1.17. The SMILES string of the molecule is COc1ccc2c(c1)C(C(C)(C)C)C(C)(C)C2. The molecule has 2 rings (SSSR count). The van der Waals surface area contributed by atoms with Crippen LogP contribution in [0.15, 0.2) is 18.2 Å². The average molecular weight is 232 g/mol. The van der Waals surface area contributed by atoms with Crippen LogP contribution in [0.2, 0.25) is 0 Å². The van der Waals surface area contributed by atoms with Crippen LogP contribution < -0.4 is 4.74 Å². The standard InChI is InChI=1S/C16H24O/c1-15(2,3)14-13-9-12(17-6)8-7-11(13)10-16(14,4)5/h7-9,14H,10H2,1-6H3. The molecule has 1 aliphatic carbocycles. The summed E-state index contributed by atoms with van der Waals surface area (Å²) in [4.78, 5) is 0. The Morgan fingerprint density at radius 2 is 1.88 bits per heavy atom. The highest BCUT2D eigenvalue weighted by Crippen LogP contribution is 2.55. The monoisotopic (exact) mass is 232 g/mol. The molecule has 1 aromatic rings. The first-order chi connectivity index (χ1) is 7.75. The summed E-state index contributed by atoms with van der Waals surface area (Å²) >= 11 is 0. The van der Waals surface area contributed by atoms with Crippen molar-refractivity contribution < 1.29 is 4.74 Å². The van der Waals surface area contributed by atoms with E-state index in [2.05, 4.69) is 52.8 Å². The zero-order chi connectivity index (χ0) is 12.8. The molecule has 1 heteroatoms. The van der Waals surface area contributed by atoms with E-state index in [0.717, 1.165) is 5.75 Å². The molecule has 0 aliphatic heterocycles. The van der Waals surface area contributed by atoms with Crippen molar-refractivity contribution in [2.75, 3.05) is 7.11 Å². The lowest BCUT2D eigenvalue weighted by atomic mass is 9.66. The summed E-state index contributed by atoms with van der Waals surface area (Å²) < 4.78 is 5.37. The van der Waals surface area contributed by atoms with Crippen LogP contribution in [0.4, 0.5) is 0 Å². The molecule has 0 aromatic heterocycles. The second-order valence-electron chi connectivity index (χ2n) is 7.03. The van der Waals surface area contributed by atoms with Crippen molar-refractivity contribution >= 4 is 0 Å². The van der Waals surface area contributed by atoms with Gasteiger partial charge in [0.15, 0.2) is 0 Å². The predicted octanol–water partition coefficient (Wildman–Crippen LogP) is 4.41. The van der Waals surface area contributed by atoms with E-state index in [0.29, 0.717) is 16.7 Å². The molecule has 0 heterocycles. The lowest BCUT2D eigenvalue weighted by Gasteiger charge is -2.38. The number of methoxy groups -OCH3 is 1. The molecular formula is C16H24O. The lowest BCUT2D eigenvalue weighted by molar-refractivity contribution is 0.177. The Kier molecular flexibility index (Phi) is 2.76. The molecule has 0 saturated carbocycles. The first-order valence-corrected chi connectivity index (χ1v) is 6.42. The second-order valence-corrected chi connectivity index (χ2v) is 7.03. The average Bonchev–Trinajstić information content (AvgIpc) is 2.45. The molecule has 1 atom stereocenters. The quantitative estimate of drug-likeness (QED) is 0.697. The third-order valence-corrected chi connectivity index (χ3v) is 3.96. The third kappa shape index (κ3) is 2.08. The van der Waals surface area contributed by atoms with Crippen molar-refractivity contribution in [1.82, 2.24) is 0 Å². The third-order valence-electron chi connectivity index (χ3n) is 3.96. The maximum absolute atomic E-state index is 5.37. The normalized spacial score (nSPS) is 22.4. The Balaban J connectivity index is 2.54. The smallest absolute Gasteiger partial charge is 0.119 e. The number of benzene rings is 1. The first kappa shape index (κ1) is 12.5. The van der Waals surface area contributed by atoms with Gasteiger partial charge in [0.05, 0.1) is 7.11 Å². The van der Waals surface area contributed by atoms with E-state index in [9.17, 15) is 0 Å². The van der Waals surface area contributed by atoms with E-state index < -0.39 is 0 Å². The summed E-state index contributed by atoms with van der Waals surface area (Å²) in [5.74, 6) is 1.58. The molecule has 1 nitrogen and oxygen atoms in total. The lowest BCUT2D eigenvalue weighted by Crippen LogP contribution is -2.29. The molecule has 0 bridgehead atoms. The molecule has 0 N–H and O–H groups in total. The van der Waals surface area contributed by atoms with Crippen LogP contribution in [0, 0.1) is 10.8 Å². The summed E-state index contributed by atoms with van der Waals surface area (Å²) in [5.41, 5.74) is 3.62. The summed E-state index contributed by atoms with van der Waals surface area (Å²) in [6.45, 7) is 11.8. The molecule has 1 aromatic carbocycles. The van der Waals surface area contributed by atoms with Gasteiger partial charge in [-0.15, -0.1) is 0 Å². The van der Waals surface area contributed by atoms with E-state index in [-0.39, 0.29) is 0 Å². The van der Waals surface area contributed by atoms with Gasteiger partial charge in [-0.05, 0) is 46.4 Å². The van der Waals surface area contributed by atoms with Crippen molar-refractivity contribution in [3.63, 3.8) is 0 Å². The van der Waals surface area contributed by atoms with Gasteiger partial charge in [-0.2, -0.15) is 0 Å². The number of rotatable bonds is 1. The maximum atomic E-state index is 5.37. The molecule has 0 saturated heterocycles. The molecule has 94 valence electrons. The predicted molar refractivity (Wildman–Crippen MR) is 72.7 cm³/mol. The Hall–Kier alpha value is -0.980. The van der Waals surface area contributed by atoms with Crippen molar-refractivity contribution in [1.29, 1.82) is 0 Å². The van der Waals surface area contributed by atoms with E-state index in [4.69, 9.17) is 4.74 Å². The van der Waals surface area contributed by atoms with Crippen LogP contribution in [-0.4, -0.2) is 7.11 Å². The minimum absolute atomic E-state index is 0.293. The van der Waals surface area contributed by atoms with Gasteiger partial charge < -0.3 is 4.74 Å². The highest BCUT2D eigenvalue weighted by Gasteiger charge is 2.45. The number of hydrogen-bond donors (Lipinski definition) is 0. The zero-order valence-electron chi connectivity index (χ0n) is 11.9. The van der Waals surface area contributed by atoms with Crippen LogP contribution >= 0.6 is 0 Å². The van der Waals surface area contributed by atoms with Gasteiger partial charge in [-0.1, -0.05) is 40.7 Å². The number of hydrogen-bond acceptors (Lipinski definition) is 1. The Labute approximate surface area is 105 Å². The summed E-state index contributed by atoms with van der Waals surface area (Å²) in [5, 5.41) is 0. The summed E-state index contributed by atoms with van der Waals surface area (Å²) in [6, 6.07) is 6.56. The summed E-state index contributed by atoms with van der Waals surface area (Å²) in [7, 11) is 1.74. The van der Waals surface area contributed by atoms with Crippen molar-refractivity contribution in [2.24, 2.45) is 10.8 Å². The van der Waals surface area contributed by atoms with E-state index >= 15 is 0 Å². The molecule has 0 spiro atoms. The largest absolute Gasteiger partial charge is 0.497 e. The highest BCUT2D eigenvalue weighted by molar-refractivity contribution is 5.44. The number of fused-ring (bicyclic) bond motifs is 1. The van der Waals surface area contributed by atoms with Crippen LogP contribution in [0.5, 0.6) is 5.75 Å². The fourth-order valence-electron chi connectivity index (χ4n) is 3.78. The molecule has 0 radical (unpaired) electrons. The molecule has 1 aliphatic rings. The topological polar surface area (TPSA) is 9.23 Å². The molecule has 1 unspecified atom stereocenters. The fraction of sp³-hybridized carbons (Fsp3) is 0.625. The first-order valence-electron chi connectivity index (χ1n) is 6.42. The van der Waals surface area contributed by atoms with Gasteiger partial charge >= 0.3 is 0 Å². The van der Waals surface area contributed by atoms with Crippen LogP contribution in [0.3, 0.4) is 0 Å². The minimum Gasteiger partial charge on any atom is -0.497 e. The number of ether oxygens (including phenoxy) is 1. The van der Waals surface area contributed by atoms with Crippen LogP contribution in [-0.2, 0) is 6.42 Å². The highest BCUT2D eigenvalue weighted by atomic mass is 16.5. The van der Waals surface area contributed by atoms with E-state index in [1.807, 2.05) is 0 Å². The van der Waals surface area contributed by atoms with Crippen LogP contribution in [0.1, 0.15) is 51.7 Å². The van der Waals surface area contributed by atoms with Crippen molar-refractivity contribution in [3.05, 3.63) is 29.3 Å². The van der Waals surface area contributed by atoms with Gasteiger partial charge in [-0.3, -0.25) is 0 Å². The van der Waals surface area contributed by atoms with Gasteiger partial charge in [-0.25, -0.2) is 0 Å². The second kappa shape index (κ2) is 3.76. The van der Waals surface area contributed by atoms with Crippen molar-refractivity contribution in [2.45, 2.75) is 47.0 Å². The minimum atomic E-state index is 0.293. The van der Waals surface area contributed by atoms with Gasteiger partial charge in [0.25, 0.3) is 0 Å². The van der Waals surface area contributed by atoms with Gasteiger partial charge in [0, 0.05) is 0 Å². The van der Waals surface area contributed by atoms with Crippen molar-refractivity contribution in [3.8, 4) is 5.75 Å². The Morgan fingerprint density at radius 1 is 1.24 bits per heavy atom. The van der Waals surface area contributed by atoms with Gasteiger partial charge in [0.1, 0.15) is 5.75 Å². The van der Waals surface area contributed by atoms with E-state index in [1.165, 1.54) is 17.5 Å². The Bertz CT molecular complexity index is 424. The maximum Gasteiger partial charge on any atom is 0.119 e. The van der Waals surface area contributed by atoms with Crippen LogP contribution in [0.25, 0.3) is 0 Å². The van der Waals surface area contributed by atoms with E-state index in [1.54, 1.807) is 7.11 Å². The molecule has 17 heavy (non-hydrogen) atoms. The van der Waals surface area contributed by atoms with Gasteiger partial charge in [0.2, 0.25) is 0 Å². The molecular weight excluding hydrogens is 208 g/mol.